The van der Waals surface area contributed by atoms with Gasteiger partial charge in [0, 0.05) is 18.9 Å². The fourth-order valence-corrected chi connectivity index (χ4v) is 2.11. The Kier molecular flexibility index (Phi) is 4.47. The molecular formula is C14H10ClF3N2O. The van der Waals surface area contributed by atoms with Crippen LogP contribution in [0.1, 0.15) is 21.5 Å². The molecule has 110 valence electrons. The second-order valence-corrected chi connectivity index (χ2v) is 4.60. The van der Waals surface area contributed by atoms with Gasteiger partial charge in [0.05, 0.1) is 16.1 Å². The molecule has 0 atom stereocenters. The van der Waals surface area contributed by atoms with Crippen LogP contribution in [0.2, 0.25) is 5.02 Å². The first-order valence-electron chi connectivity index (χ1n) is 5.92. The Bertz CT molecular complexity index is 644. The molecule has 0 aliphatic heterocycles. The Morgan fingerprint density at radius 1 is 1.24 bits per heavy atom. The maximum absolute atomic E-state index is 12.9. The molecule has 3 nitrogen and oxygen atoms in total. The third-order valence-electron chi connectivity index (χ3n) is 2.75. The van der Waals surface area contributed by atoms with E-state index in [1.165, 1.54) is 30.6 Å². The van der Waals surface area contributed by atoms with Crippen molar-refractivity contribution in [2.75, 3.05) is 0 Å². The van der Waals surface area contributed by atoms with Crippen LogP contribution in [0.25, 0.3) is 0 Å². The third kappa shape index (κ3) is 3.72. The fourth-order valence-electron chi connectivity index (χ4n) is 1.81. The summed E-state index contributed by atoms with van der Waals surface area (Å²) in [6.07, 6.45) is -1.75. The number of halogens is 4. The van der Waals surface area contributed by atoms with Gasteiger partial charge in [-0.3, -0.25) is 9.78 Å². The summed E-state index contributed by atoms with van der Waals surface area (Å²) >= 11 is 5.60. The van der Waals surface area contributed by atoms with Crippen LogP contribution in [0.15, 0.2) is 42.7 Å². The van der Waals surface area contributed by atoms with Crippen molar-refractivity contribution in [3.05, 3.63) is 64.4 Å². The lowest BCUT2D eigenvalue weighted by molar-refractivity contribution is -0.138. The van der Waals surface area contributed by atoms with Gasteiger partial charge in [-0.25, -0.2) is 0 Å². The molecule has 7 heteroatoms. The molecule has 1 amide bonds. The maximum Gasteiger partial charge on any atom is 0.418 e. The van der Waals surface area contributed by atoms with Gasteiger partial charge >= 0.3 is 6.18 Å². The third-order valence-corrected chi connectivity index (χ3v) is 3.06. The van der Waals surface area contributed by atoms with Crippen molar-refractivity contribution in [3.63, 3.8) is 0 Å². The number of rotatable bonds is 3. The first-order valence-corrected chi connectivity index (χ1v) is 6.30. The molecule has 1 aromatic heterocycles. The van der Waals surface area contributed by atoms with E-state index in [1.54, 1.807) is 6.07 Å². The normalized spacial score (nSPS) is 11.2. The Morgan fingerprint density at radius 3 is 2.62 bits per heavy atom. The second kappa shape index (κ2) is 6.13. The van der Waals surface area contributed by atoms with Gasteiger partial charge in [0.15, 0.2) is 0 Å². The van der Waals surface area contributed by atoms with E-state index in [1.807, 2.05) is 0 Å². The number of alkyl halides is 3. The number of aromatic nitrogens is 1. The minimum absolute atomic E-state index is 0.0905. The number of benzene rings is 1. The summed E-state index contributed by atoms with van der Waals surface area (Å²) in [6, 6.07) is 6.93. The lowest BCUT2D eigenvalue weighted by Crippen LogP contribution is -2.24. The fraction of sp³-hybridized carbons (Fsp3) is 0.143. The Morgan fingerprint density at radius 2 is 2.00 bits per heavy atom. The second-order valence-electron chi connectivity index (χ2n) is 4.20. The molecule has 0 spiro atoms. The lowest BCUT2D eigenvalue weighted by atomic mass is 10.1. The van der Waals surface area contributed by atoms with Gasteiger partial charge < -0.3 is 5.32 Å². The average Bonchev–Trinajstić information content (AvgIpc) is 2.44. The number of carbonyl (C=O) groups excluding carboxylic acids is 1. The summed E-state index contributed by atoms with van der Waals surface area (Å²) in [5, 5.41) is 2.02. The van der Waals surface area contributed by atoms with Gasteiger partial charge in [0.25, 0.3) is 5.91 Å². The molecule has 2 aromatic rings. The van der Waals surface area contributed by atoms with Crippen LogP contribution in [0.5, 0.6) is 0 Å². The minimum Gasteiger partial charge on any atom is -0.348 e. The molecule has 1 heterocycles. The van der Waals surface area contributed by atoms with Crippen molar-refractivity contribution in [1.82, 2.24) is 10.3 Å². The van der Waals surface area contributed by atoms with Crippen LogP contribution in [-0.4, -0.2) is 10.9 Å². The highest BCUT2D eigenvalue weighted by molar-refractivity contribution is 6.31. The molecule has 0 fully saturated rings. The monoisotopic (exact) mass is 314 g/mol. The van der Waals surface area contributed by atoms with Crippen molar-refractivity contribution >= 4 is 17.5 Å². The highest BCUT2D eigenvalue weighted by Crippen LogP contribution is 2.37. The van der Waals surface area contributed by atoms with Gasteiger partial charge in [-0.1, -0.05) is 23.7 Å². The molecule has 1 aromatic carbocycles. The van der Waals surface area contributed by atoms with E-state index in [-0.39, 0.29) is 17.7 Å². The van der Waals surface area contributed by atoms with Crippen molar-refractivity contribution in [2.24, 2.45) is 0 Å². The Hall–Kier alpha value is -2.08. The predicted molar refractivity (Wildman–Crippen MR) is 71.9 cm³/mol. The summed E-state index contributed by atoms with van der Waals surface area (Å²) in [5.41, 5.74) is -0.751. The summed E-state index contributed by atoms with van der Waals surface area (Å²) < 4.78 is 38.8. The first-order chi connectivity index (χ1) is 9.89. The zero-order chi connectivity index (χ0) is 15.5. The highest BCUT2D eigenvalue weighted by atomic mass is 35.5. The summed E-state index contributed by atoms with van der Waals surface area (Å²) in [4.78, 5) is 15.6. The van der Waals surface area contributed by atoms with Gasteiger partial charge in [-0.15, -0.1) is 0 Å². The van der Waals surface area contributed by atoms with Crippen LogP contribution in [-0.2, 0) is 12.7 Å². The van der Waals surface area contributed by atoms with Crippen molar-refractivity contribution in [3.8, 4) is 0 Å². The Balaban J connectivity index is 2.18. The smallest absolute Gasteiger partial charge is 0.348 e. The van der Waals surface area contributed by atoms with E-state index in [2.05, 4.69) is 10.3 Å². The molecule has 0 bridgehead atoms. The van der Waals surface area contributed by atoms with Gasteiger partial charge in [0.1, 0.15) is 0 Å². The van der Waals surface area contributed by atoms with E-state index in [0.717, 1.165) is 6.07 Å². The molecule has 1 N–H and O–H groups in total. The molecule has 0 aliphatic rings. The average molecular weight is 315 g/mol. The van der Waals surface area contributed by atoms with Crippen molar-refractivity contribution < 1.29 is 18.0 Å². The van der Waals surface area contributed by atoms with E-state index >= 15 is 0 Å². The van der Waals surface area contributed by atoms with E-state index in [9.17, 15) is 18.0 Å². The predicted octanol–water partition coefficient (Wildman–Crippen LogP) is 3.68. The number of nitrogens with one attached hydrogen (secondary N) is 1. The van der Waals surface area contributed by atoms with Crippen molar-refractivity contribution in [2.45, 2.75) is 12.7 Å². The van der Waals surface area contributed by atoms with Gasteiger partial charge in [-0.05, 0) is 23.8 Å². The SMILES string of the molecule is O=C(NCc1cccc(Cl)c1C(F)(F)F)c1cccnc1. The summed E-state index contributed by atoms with van der Waals surface area (Å²) in [7, 11) is 0. The number of amides is 1. The molecule has 0 aliphatic carbocycles. The molecule has 0 unspecified atom stereocenters. The first kappa shape index (κ1) is 15.3. The number of pyridine rings is 1. The maximum atomic E-state index is 12.9. The molecular weight excluding hydrogens is 305 g/mol. The van der Waals surface area contributed by atoms with Crippen LogP contribution in [0.3, 0.4) is 0 Å². The van der Waals surface area contributed by atoms with Crippen LogP contribution < -0.4 is 5.32 Å². The molecule has 21 heavy (non-hydrogen) atoms. The lowest BCUT2D eigenvalue weighted by Gasteiger charge is -2.15. The quantitative estimate of drug-likeness (QED) is 0.939. The molecule has 0 saturated heterocycles. The number of hydrogen-bond acceptors (Lipinski definition) is 2. The van der Waals surface area contributed by atoms with Crippen LogP contribution in [0.4, 0.5) is 13.2 Å². The highest BCUT2D eigenvalue weighted by Gasteiger charge is 2.35. The summed E-state index contributed by atoms with van der Waals surface area (Å²) in [5.74, 6) is -0.504. The van der Waals surface area contributed by atoms with E-state index < -0.39 is 22.7 Å². The number of carbonyl (C=O) groups is 1. The molecule has 2 rings (SSSR count). The Labute approximate surface area is 123 Å². The van der Waals surface area contributed by atoms with Gasteiger partial charge in [0.2, 0.25) is 0 Å². The molecule has 0 radical (unpaired) electrons. The van der Waals surface area contributed by atoms with E-state index in [0.29, 0.717) is 0 Å². The zero-order valence-electron chi connectivity index (χ0n) is 10.6. The van der Waals surface area contributed by atoms with E-state index in [4.69, 9.17) is 11.6 Å². The standard InChI is InChI=1S/C14H10ClF3N2O/c15-11-5-1-3-9(12(11)14(16,17)18)8-20-13(21)10-4-2-6-19-7-10/h1-7H,8H2,(H,20,21). The zero-order valence-corrected chi connectivity index (χ0v) is 11.4. The minimum atomic E-state index is -4.58. The summed E-state index contributed by atoms with van der Waals surface area (Å²) in [6.45, 7) is -0.275. The molecule has 0 saturated carbocycles. The number of nitrogens with zero attached hydrogens (tertiary/aromatic N) is 1. The largest absolute Gasteiger partial charge is 0.418 e. The van der Waals surface area contributed by atoms with Gasteiger partial charge in [-0.2, -0.15) is 13.2 Å². The topological polar surface area (TPSA) is 42.0 Å². The van der Waals surface area contributed by atoms with Crippen LogP contribution in [0, 0.1) is 0 Å². The number of hydrogen-bond donors (Lipinski definition) is 1. The van der Waals surface area contributed by atoms with Crippen LogP contribution >= 0.6 is 11.6 Å². The van der Waals surface area contributed by atoms with Crippen molar-refractivity contribution in [1.29, 1.82) is 0 Å².